The topological polar surface area (TPSA) is 595 Å². The van der Waals surface area contributed by atoms with Gasteiger partial charge in [-0.3, -0.25) is 62.3 Å². The van der Waals surface area contributed by atoms with Crippen molar-refractivity contribution in [2.24, 2.45) is 23.1 Å². The van der Waals surface area contributed by atoms with E-state index in [9.17, 15) is 103 Å². The number of carbonyl (C=O) groups excluding carboxylic acids is 14. The monoisotopic (exact) mass is 1530 g/mol. The summed E-state index contributed by atoms with van der Waals surface area (Å²) < 4.78 is 5.90. The summed E-state index contributed by atoms with van der Waals surface area (Å²) in [6, 6.07) is -13.6. The van der Waals surface area contributed by atoms with Gasteiger partial charge in [-0.25, -0.2) is 4.79 Å². The van der Waals surface area contributed by atoms with Gasteiger partial charge in [0.15, 0.2) is 6.10 Å². The van der Waals surface area contributed by atoms with Crippen LogP contribution < -0.4 is 70.4 Å². The Morgan fingerprint density at radius 1 is 0.602 bits per heavy atom. The molecule has 3 fully saturated rings. The molecule has 4 rings (SSSR count). The second kappa shape index (κ2) is 45.9. The smallest absolute Gasteiger partial charge is 0.329 e. The summed E-state index contributed by atoms with van der Waals surface area (Å²) >= 11 is 0. The van der Waals surface area contributed by atoms with Gasteiger partial charge in [-0.15, -0.1) is 0 Å². The van der Waals surface area contributed by atoms with E-state index in [1.165, 1.54) is 45.0 Å². The van der Waals surface area contributed by atoms with Crippen LogP contribution in [-0.4, -0.2) is 270 Å². The van der Waals surface area contributed by atoms with Crippen LogP contribution in [0.5, 0.6) is 5.75 Å². The summed E-state index contributed by atoms with van der Waals surface area (Å²) in [4.78, 5) is 199. The Hall–Kier alpha value is -8.72. The number of nitrogens with one attached hydrogen (secondary N) is 10. The maximum Gasteiger partial charge on any atom is 0.329 e. The number of unbranched alkanes of at least 4 members (excludes halogenated alkanes) is 10. The van der Waals surface area contributed by atoms with Gasteiger partial charge in [-0.1, -0.05) is 97.1 Å². The van der Waals surface area contributed by atoms with Crippen LogP contribution in [0.4, 0.5) is 0 Å². The van der Waals surface area contributed by atoms with Crippen molar-refractivity contribution in [3.8, 4) is 5.75 Å². The van der Waals surface area contributed by atoms with E-state index in [-0.39, 0.29) is 63.8 Å². The number of primary amides is 1. The molecule has 3 aliphatic rings. The van der Waals surface area contributed by atoms with E-state index in [4.69, 9.17) is 21.9 Å². The summed E-state index contributed by atoms with van der Waals surface area (Å²) in [5.74, 6) is -16.9. The van der Waals surface area contributed by atoms with Crippen molar-refractivity contribution in [3.63, 3.8) is 0 Å². The molecule has 37 nitrogen and oxygen atoms in total. The van der Waals surface area contributed by atoms with Crippen LogP contribution in [0.25, 0.3) is 0 Å². The molecule has 18 atom stereocenters. The molecule has 13 amide bonds. The van der Waals surface area contributed by atoms with E-state index in [0.717, 1.165) is 81.9 Å². The van der Waals surface area contributed by atoms with Gasteiger partial charge in [0.25, 0.3) is 5.91 Å². The normalized spacial score (nSPS) is 27.0. The first-order chi connectivity index (χ1) is 51.0. The third-order valence-electron chi connectivity index (χ3n) is 19.0. The van der Waals surface area contributed by atoms with Crippen LogP contribution in [-0.2, 0) is 78.3 Å². The fourth-order valence-electron chi connectivity index (χ4n) is 12.7. The molecule has 37 heteroatoms. The maximum atomic E-state index is 14.8. The largest absolute Gasteiger partial charge is 0.508 e. The summed E-state index contributed by atoms with van der Waals surface area (Å²) in [6.07, 6.45) is -4.72. The molecule has 0 spiro atoms. The fourth-order valence-corrected chi connectivity index (χ4v) is 12.7. The minimum Gasteiger partial charge on any atom is -0.508 e. The van der Waals surface area contributed by atoms with Gasteiger partial charge >= 0.3 is 5.97 Å². The number of aromatic hydroxyl groups is 1. The number of esters is 1. The third-order valence-corrected chi connectivity index (χ3v) is 19.0. The van der Waals surface area contributed by atoms with Gasteiger partial charge in [0, 0.05) is 32.5 Å². The highest BCUT2D eigenvalue weighted by molar-refractivity contribution is 6.00. The number of carbonyl (C=O) groups is 14. The Bertz CT molecular complexity index is 3180. The number of fused-ring (bicyclic) bond motifs is 2. The van der Waals surface area contributed by atoms with Crippen LogP contribution in [0.2, 0.25) is 0 Å². The molecule has 3 saturated heterocycles. The first-order valence-corrected chi connectivity index (χ1v) is 37.4. The standard InChI is InChI=1S/C71H117N15O22/c1-8-9-10-11-12-13-14-15-16-17-18-23-51-64(100)82-56(40(6)88)66(102)77-38(4)60(96)79-47(32-42-24-26-43(90)27-25-42)62(98)81-54(37(2)3)69(105)86-36-44(91)33-48(86)63(99)83-57(41(7)89)70(106)85-31-28-49(92)59(85)68(104)84-58(50(93)34-52(74)94)65(101)76-35-53(95)80-55(39(5)87)67(103)78-46(71(107)108-51)22-20-30-75-61(97)45(73)21-19-29-72/h24-27,37-41,44-51,54-59,87-93H,8-23,28-36,72-73H2,1-7H3,(H2,74,94)(H,75,97)(H,76,101)(H,77,102)(H,78,103)(H,79,96)(H,80,95)(H,81,98)(H,82,100)(H,83,99)(H,84,104)/t38-,39-,40-,41-,44-,45+,46+,47+,48+,49+,50-,51-,54+,55-,56+,57+,58+,59-/m1/s1. The number of cyclic esters (lactones) is 1. The molecule has 0 aliphatic carbocycles. The lowest BCUT2D eigenvalue weighted by atomic mass is 9.99. The molecule has 608 valence electrons. The SMILES string of the molecule is CCCCCCCCCCCCC[C@H]1OC(=O)[C@H](CCCNC(=O)[C@@H](N)CCCN)NC(=O)[C@@H]([C@@H](C)O)NC(=O)CNC(=O)[C@H]([C@H](O)CC(N)=O)NC(=O)[C@H]2[C@@H](O)CCN2C(=O)[C@H]([C@@H](C)O)NC(=O)[C@@H]2C[C@@H](O)CN2C(=O)[C@H](C(C)C)NC(=O)[C@H](Cc2ccc(O)cc2)NC(=O)[C@@H](C)NC(=O)[C@H]([C@@H](C)O)NC1=O. The number of phenolic OH excluding ortho intramolecular Hbond substituents is 1. The molecular weight excluding hydrogens is 1410 g/mol. The summed E-state index contributed by atoms with van der Waals surface area (Å²) in [6.45, 7) is 7.73. The van der Waals surface area contributed by atoms with Crippen molar-refractivity contribution < 1.29 is 108 Å². The lowest BCUT2D eigenvalue weighted by Gasteiger charge is -2.34. The third kappa shape index (κ3) is 29.4. The van der Waals surface area contributed by atoms with Crippen molar-refractivity contribution in [2.75, 3.05) is 32.7 Å². The molecule has 23 N–H and O–H groups in total. The molecule has 0 bridgehead atoms. The van der Waals surface area contributed by atoms with E-state index < -0.39 is 230 Å². The highest BCUT2D eigenvalue weighted by Gasteiger charge is 2.49. The van der Waals surface area contributed by atoms with Crippen molar-refractivity contribution >= 4 is 82.8 Å². The molecule has 0 aromatic heterocycles. The lowest BCUT2D eigenvalue weighted by Crippen LogP contribution is -2.63. The Balaban J connectivity index is 1.84. The lowest BCUT2D eigenvalue weighted by molar-refractivity contribution is -0.160. The number of benzene rings is 1. The van der Waals surface area contributed by atoms with Crippen molar-refractivity contribution in [1.29, 1.82) is 0 Å². The minimum atomic E-state index is -2.22. The second-order valence-corrected chi connectivity index (χ2v) is 28.6. The van der Waals surface area contributed by atoms with Gasteiger partial charge in [0.1, 0.15) is 66.2 Å². The number of phenols is 1. The van der Waals surface area contributed by atoms with Gasteiger partial charge < -0.3 is 121 Å². The maximum absolute atomic E-state index is 14.8. The number of ether oxygens (including phenoxy) is 1. The van der Waals surface area contributed by atoms with E-state index >= 15 is 0 Å². The van der Waals surface area contributed by atoms with Gasteiger partial charge in [0.05, 0.1) is 55.6 Å². The summed E-state index contributed by atoms with van der Waals surface area (Å²) in [7, 11) is 0. The summed E-state index contributed by atoms with van der Waals surface area (Å²) in [5.41, 5.74) is 17.3. The number of hydrogen-bond acceptors (Lipinski definition) is 24. The zero-order valence-electron chi connectivity index (χ0n) is 62.8. The van der Waals surface area contributed by atoms with Crippen LogP contribution in [0.3, 0.4) is 0 Å². The molecule has 0 unspecified atom stereocenters. The number of hydrogen-bond donors (Lipinski definition) is 20. The number of aliphatic hydroxyl groups is 6. The molecule has 108 heavy (non-hydrogen) atoms. The number of nitrogens with two attached hydrogens (primary N) is 3. The molecule has 1 aromatic carbocycles. The van der Waals surface area contributed by atoms with Crippen molar-refractivity contribution in [1.82, 2.24) is 63.0 Å². The van der Waals surface area contributed by atoms with Crippen molar-refractivity contribution in [2.45, 2.75) is 286 Å². The second-order valence-electron chi connectivity index (χ2n) is 28.6. The molecule has 3 aliphatic heterocycles. The molecule has 0 radical (unpaired) electrons. The zero-order chi connectivity index (χ0) is 80.6. The van der Waals surface area contributed by atoms with Gasteiger partial charge in [0.2, 0.25) is 70.9 Å². The van der Waals surface area contributed by atoms with E-state index in [1.807, 2.05) is 0 Å². The molecular formula is C71H117N15O22. The van der Waals surface area contributed by atoms with E-state index in [1.54, 1.807) is 0 Å². The first-order valence-electron chi connectivity index (χ1n) is 37.4. The predicted molar refractivity (Wildman–Crippen MR) is 387 cm³/mol. The van der Waals surface area contributed by atoms with Crippen molar-refractivity contribution in [3.05, 3.63) is 29.8 Å². The van der Waals surface area contributed by atoms with Crippen LogP contribution in [0.15, 0.2) is 24.3 Å². The minimum absolute atomic E-state index is 0.0994. The molecule has 3 heterocycles. The van der Waals surface area contributed by atoms with E-state index in [2.05, 4.69) is 60.1 Å². The summed E-state index contributed by atoms with van der Waals surface area (Å²) in [5, 5.41) is 101. The molecule has 0 saturated carbocycles. The molecule has 1 aromatic rings. The van der Waals surface area contributed by atoms with Crippen LogP contribution >= 0.6 is 0 Å². The Labute approximate surface area is 628 Å². The van der Waals surface area contributed by atoms with Gasteiger partial charge in [-0.05, 0) is 103 Å². The van der Waals surface area contributed by atoms with Gasteiger partial charge in [-0.2, -0.15) is 0 Å². The Kier molecular flexibility index (Phi) is 39.0. The first kappa shape index (κ1) is 91.7. The van der Waals surface area contributed by atoms with E-state index in [0.29, 0.717) is 24.8 Å². The number of nitrogens with zero attached hydrogens (tertiary/aromatic N) is 2. The zero-order valence-corrected chi connectivity index (χ0v) is 62.8. The van der Waals surface area contributed by atoms with Crippen LogP contribution in [0.1, 0.15) is 176 Å². The number of aliphatic hydroxyl groups excluding tert-OH is 6. The Morgan fingerprint density at radius 2 is 1.15 bits per heavy atom. The predicted octanol–water partition coefficient (Wildman–Crippen LogP) is -5.50. The Morgan fingerprint density at radius 3 is 1.73 bits per heavy atom. The highest BCUT2D eigenvalue weighted by atomic mass is 16.5. The number of rotatable bonds is 29. The average Bonchev–Trinajstić information content (AvgIpc) is 1.63. The fraction of sp³-hybridized carbons (Fsp3) is 0.718. The number of amides is 13. The van der Waals surface area contributed by atoms with Crippen LogP contribution in [0, 0.1) is 5.92 Å². The highest BCUT2D eigenvalue weighted by Crippen LogP contribution is 2.25. The quantitative estimate of drug-likeness (QED) is 0.0263. The average molecular weight is 1530 g/mol.